The molecule has 0 aliphatic carbocycles. The van der Waals surface area contributed by atoms with Gasteiger partial charge < -0.3 is 15.4 Å². The third-order valence-corrected chi connectivity index (χ3v) is 4.11. The lowest BCUT2D eigenvalue weighted by molar-refractivity contribution is 0.128. The normalized spacial score (nSPS) is 17.2. The number of aromatic nitrogens is 3. The van der Waals surface area contributed by atoms with Crippen LogP contribution >= 0.6 is 0 Å². The molecule has 0 saturated carbocycles. The second kappa shape index (κ2) is 9.17. The van der Waals surface area contributed by atoms with Gasteiger partial charge in [0.2, 0.25) is 0 Å². The lowest BCUT2D eigenvalue weighted by Gasteiger charge is -2.25. The van der Waals surface area contributed by atoms with E-state index >= 15 is 0 Å². The standard InChI is InChI=1S/C18H26N6O/c1-2-19-18(20-10-11-25-13-15-6-4-3-5-7-15)23-16-8-9-17-21-14-22-24(17)12-16/h3-7,14,16H,2,8-13H2,1H3,(H2,19,20,23). The minimum Gasteiger partial charge on any atom is -0.375 e. The zero-order chi connectivity index (χ0) is 17.3. The van der Waals surface area contributed by atoms with Gasteiger partial charge in [0.1, 0.15) is 12.2 Å². The molecule has 2 N–H and O–H groups in total. The maximum atomic E-state index is 5.69. The van der Waals surface area contributed by atoms with E-state index in [1.807, 2.05) is 22.9 Å². The Hall–Kier alpha value is -2.41. The van der Waals surface area contributed by atoms with Crippen molar-refractivity contribution in [1.82, 2.24) is 25.4 Å². The molecule has 1 aromatic heterocycles. The number of rotatable bonds is 7. The maximum Gasteiger partial charge on any atom is 0.191 e. The highest BCUT2D eigenvalue weighted by molar-refractivity contribution is 5.80. The summed E-state index contributed by atoms with van der Waals surface area (Å²) in [6.45, 7) is 5.58. The van der Waals surface area contributed by atoms with Crippen molar-refractivity contribution in [2.45, 2.75) is 39.0 Å². The molecule has 7 nitrogen and oxygen atoms in total. The fraction of sp³-hybridized carbons (Fsp3) is 0.500. The molecule has 0 bridgehead atoms. The highest BCUT2D eigenvalue weighted by Crippen LogP contribution is 2.11. The summed E-state index contributed by atoms with van der Waals surface area (Å²) in [5.74, 6) is 1.90. The van der Waals surface area contributed by atoms with Gasteiger partial charge in [-0.2, -0.15) is 5.10 Å². The zero-order valence-corrected chi connectivity index (χ0v) is 14.7. The molecule has 1 aliphatic heterocycles. The second-order valence-corrected chi connectivity index (χ2v) is 6.04. The van der Waals surface area contributed by atoms with E-state index in [-0.39, 0.29) is 0 Å². The first kappa shape index (κ1) is 17.4. The van der Waals surface area contributed by atoms with Crippen molar-refractivity contribution in [2.75, 3.05) is 19.7 Å². The summed E-state index contributed by atoms with van der Waals surface area (Å²) in [5, 5.41) is 11.0. The molecule has 1 atom stereocenters. The van der Waals surface area contributed by atoms with E-state index in [2.05, 4.69) is 44.8 Å². The number of nitrogens with zero attached hydrogens (tertiary/aromatic N) is 4. The number of guanidine groups is 1. The molecule has 1 aliphatic rings. The van der Waals surface area contributed by atoms with Crippen LogP contribution in [-0.4, -0.2) is 46.5 Å². The fourth-order valence-electron chi connectivity index (χ4n) is 2.86. The number of aliphatic imine (C=N–C) groups is 1. The van der Waals surface area contributed by atoms with Crippen LogP contribution in [-0.2, 0) is 24.3 Å². The van der Waals surface area contributed by atoms with E-state index in [4.69, 9.17) is 4.74 Å². The van der Waals surface area contributed by atoms with Crippen molar-refractivity contribution in [3.05, 3.63) is 48.0 Å². The average molecular weight is 342 g/mol. The number of benzene rings is 1. The van der Waals surface area contributed by atoms with E-state index < -0.39 is 0 Å². The van der Waals surface area contributed by atoms with Crippen LogP contribution in [0.1, 0.15) is 24.7 Å². The van der Waals surface area contributed by atoms with Crippen LogP contribution in [0.25, 0.3) is 0 Å². The van der Waals surface area contributed by atoms with E-state index in [1.54, 1.807) is 6.33 Å². The van der Waals surface area contributed by atoms with Crippen LogP contribution in [0.15, 0.2) is 41.7 Å². The van der Waals surface area contributed by atoms with E-state index in [9.17, 15) is 0 Å². The third-order valence-electron chi connectivity index (χ3n) is 4.11. The molecule has 1 unspecified atom stereocenters. The first-order chi connectivity index (χ1) is 12.3. The Labute approximate surface area is 148 Å². The highest BCUT2D eigenvalue weighted by Gasteiger charge is 2.20. The molecule has 1 aromatic carbocycles. The van der Waals surface area contributed by atoms with Gasteiger partial charge in [0.25, 0.3) is 0 Å². The minimum atomic E-state index is 0.317. The van der Waals surface area contributed by atoms with E-state index in [0.29, 0.717) is 25.8 Å². The molecule has 0 saturated heterocycles. The molecule has 2 aromatic rings. The Kier molecular flexibility index (Phi) is 6.39. The molecule has 2 heterocycles. The van der Waals surface area contributed by atoms with Gasteiger partial charge in [0.15, 0.2) is 5.96 Å². The topological polar surface area (TPSA) is 76.4 Å². The fourth-order valence-corrected chi connectivity index (χ4v) is 2.86. The van der Waals surface area contributed by atoms with Crippen molar-refractivity contribution in [2.24, 2.45) is 4.99 Å². The van der Waals surface area contributed by atoms with Gasteiger partial charge >= 0.3 is 0 Å². The Morgan fingerprint density at radius 1 is 1.36 bits per heavy atom. The first-order valence-electron chi connectivity index (χ1n) is 8.88. The second-order valence-electron chi connectivity index (χ2n) is 6.04. The Bertz CT molecular complexity index is 669. The number of fused-ring (bicyclic) bond motifs is 1. The summed E-state index contributed by atoms with van der Waals surface area (Å²) in [6.07, 6.45) is 3.60. The number of ether oxygens (including phenoxy) is 1. The van der Waals surface area contributed by atoms with Gasteiger partial charge in [-0.1, -0.05) is 30.3 Å². The van der Waals surface area contributed by atoms with Gasteiger partial charge in [0, 0.05) is 19.0 Å². The Morgan fingerprint density at radius 2 is 2.24 bits per heavy atom. The van der Waals surface area contributed by atoms with Crippen LogP contribution < -0.4 is 10.6 Å². The van der Waals surface area contributed by atoms with Gasteiger partial charge in [-0.25, -0.2) is 9.67 Å². The lowest BCUT2D eigenvalue weighted by Crippen LogP contribution is -2.47. The minimum absolute atomic E-state index is 0.317. The monoisotopic (exact) mass is 342 g/mol. The summed E-state index contributed by atoms with van der Waals surface area (Å²) in [5.41, 5.74) is 1.18. The Balaban J connectivity index is 1.43. The molecule has 134 valence electrons. The molecule has 0 fully saturated rings. The van der Waals surface area contributed by atoms with Crippen molar-refractivity contribution in [3.8, 4) is 0 Å². The van der Waals surface area contributed by atoms with Crippen LogP contribution in [0.2, 0.25) is 0 Å². The van der Waals surface area contributed by atoms with E-state index in [0.717, 1.165) is 37.7 Å². The molecular formula is C18H26N6O. The van der Waals surface area contributed by atoms with Crippen molar-refractivity contribution in [3.63, 3.8) is 0 Å². The summed E-state index contributed by atoms with van der Waals surface area (Å²) < 4.78 is 7.66. The number of aryl methyl sites for hydroxylation is 1. The molecule has 7 heteroatoms. The number of nitrogens with one attached hydrogen (secondary N) is 2. The maximum absolute atomic E-state index is 5.69. The van der Waals surface area contributed by atoms with Crippen LogP contribution in [0.4, 0.5) is 0 Å². The summed E-state index contributed by atoms with van der Waals surface area (Å²) in [7, 11) is 0. The van der Waals surface area contributed by atoms with Gasteiger partial charge in [-0.3, -0.25) is 4.99 Å². The summed E-state index contributed by atoms with van der Waals surface area (Å²) in [4.78, 5) is 8.87. The largest absolute Gasteiger partial charge is 0.375 e. The Morgan fingerprint density at radius 3 is 3.08 bits per heavy atom. The number of hydrogen-bond acceptors (Lipinski definition) is 4. The van der Waals surface area contributed by atoms with E-state index in [1.165, 1.54) is 5.56 Å². The first-order valence-corrected chi connectivity index (χ1v) is 8.88. The van der Waals surface area contributed by atoms with Gasteiger partial charge in [0.05, 0.1) is 26.3 Å². The summed E-state index contributed by atoms with van der Waals surface area (Å²) >= 11 is 0. The molecule has 0 spiro atoms. The van der Waals surface area contributed by atoms with Gasteiger partial charge in [-0.05, 0) is 18.9 Å². The SMILES string of the molecule is CCNC(=NCCOCc1ccccc1)NC1CCc2ncnn2C1. The lowest BCUT2D eigenvalue weighted by atomic mass is 10.1. The van der Waals surface area contributed by atoms with Crippen molar-refractivity contribution < 1.29 is 4.74 Å². The predicted octanol–water partition coefficient (Wildman–Crippen LogP) is 1.36. The molecular weight excluding hydrogens is 316 g/mol. The van der Waals surface area contributed by atoms with Gasteiger partial charge in [-0.15, -0.1) is 0 Å². The quantitative estimate of drug-likeness (QED) is 0.451. The van der Waals surface area contributed by atoms with Crippen molar-refractivity contribution in [1.29, 1.82) is 0 Å². The van der Waals surface area contributed by atoms with Crippen molar-refractivity contribution >= 4 is 5.96 Å². The molecule has 25 heavy (non-hydrogen) atoms. The molecule has 0 amide bonds. The highest BCUT2D eigenvalue weighted by atomic mass is 16.5. The molecule has 3 rings (SSSR count). The zero-order valence-electron chi connectivity index (χ0n) is 14.7. The number of hydrogen-bond donors (Lipinski definition) is 2. The predicted molar refractivity (Wildman–Crippen MR) is 97.3 cm³/mol. The summed E-state index contributed by atoms with van der Waals surface area (Å²) in [6, 6.07) is 10.5. The van der Waals surface area contributed by atoms with Crippen LogP contribution in [0.5, 0.6) is 0 Å². The molecule has 0 radical (unpaired) electrons. The van der Waals surface area contributed by atoms with Crippen LogP contribution in [0, 0.1) is 0 Å². The van der Waals surface area contributed by atoms with Crippen LogP contribution in [0.3, 0.4) is 0 Å². The smallest absolute Gasteiger partial charge is 0.191 e. The third kappa shape index (κ3) is 5.29. The average Bonchev–Trinajstić information content (AvgIpc) is 3.10.